The molecule has 2 rings (SSSR count). The van der Waals surface area contributed by atoms with E-state index in [-0.39, 0.29) is 17.9 Å². The van der Waals surface area contributed by atoms with Crippen molar-refractivity contribution < 1.29 is 9.90 Å². The lowest BCUT2D eigenvalue weighted by atomic mass is 9.99. The summed E-state index contributed by atoms with van der Waals surface area (Å²) in [5.74, 6) is 1.53. The summed E-state index contributed by atoms with van der Waals surface area (Å²) in [6.07, 6.45) is 3.38. The first-order valence-corrected chi connectivity index (χ1v) is 8.85. The van der Waals surface area contributed by atoms with Crippen LogP contribution in [0.1, 0.15) is 81.7 Å². The standard InChI is InChI=1S/C18H30N4O2/c1-11(2)15-21-14-13(8-10-19-17(14)23)16(22-15)20-12(3)7-6-9-18(4,5)24/h11-12,24H,6-10H2,1-5H3,(H,19,23)(H,20,21,22). The van der Waals surface area contributed by atoms with Crippen LogP contribution in [0.4, 0.5) is 5.82 Å². The monoisotopic (exact) mass is 334 g/mol. The van der Waals surface area contributed by atoms with Gasteiger partial charge in [0.2, 0.25) is 0 Å². The summed E-state index contributed by atoms with van der Waals surface area (Å²) in [4.78, 5) is 21.2. The maximum Gasteiger partial charge on any atom is 0.270 e. The molecule has 0 saturated carbocycles. The van der Waals surface area contributed by atoms with Crippen molar-refractivity contribution in [1.82, 2.24) is 15.3 Å². The third-order valence-corrected chi connectivity index (χ3v) is 4.23. The Labute approximate surface area is 144 Å². The molecule has 24 heavy (non-hydrogen) atoms. The maximum absolute atomic E-state index is 12.1. The number of rotatable bonds is 7. The SMILES string of the molecule is CC(CCCC(C)(C)O)Nc1nc(C(C)C)nc2c1CCNC2=O. The molecule has 1 unspecified atom stereocenters. The highest BCUT2D eigenvalue weighted by Gasteiger charge is 2.25. The van der Waals surface area contributed by atoms with Crippen LogP contribution >= 0.6 is 0 Å². The molecule has 0 spiro atoms. The van der Waals surface area contributed by atoms with E-state index < -0.39 is 5.60 Å². The van der Waals surface area contributed by atoms with Crippen LogP contribution in [0.3, 0.4) is 0 Å². The van der Waals surface area contributed by atoms with Crippen molar-refractivity contribution in [3.05, 3.63) is 17.1 Å². The number of aromatic nitrogens is 2. The molecule has 2 heterocycles. The lowest BCUT2D eigenvalue weighted by Crippen LogP contribution is -2.35. The lowest BCUT2D eigenvalue weighted by molar-refractivity contribution is 0.0679. The van der Waals surface area contributed by atoms with Crippen LogP contribution in [0.2, 0.25) is 0 Å². The molecule has 3 N–H and O–H groups in total. The highest BCUT2D eigenvalue weighted by molar-refractivity contribution is 5.96. The predicted molar refractivity (Wildman–Crippen MR) is 95.4 cm³/mol. The summed E-state index contributed by atoms with van der Waals surface area (Å²) < 4.78 is 0. The number of carbonyl (C=O) groups excluding carboxylic acids is 1. The summed E-state index contributed by atoms with van der Waals surface area (Å²) >= 11 is 0. The number of nitrogens with one attached hydrogen (secondary N) is 2. The van der Waals surface area contributed by atoms with Crippen molar-refractivity contribution in [3.63, 3.8) is 0 Å². The van der Waals surface area contributed by atoms with Crippen molar-refractivity contribution in [2.45, 2.75) is 77.9 Å². The van der Waals surface area contributed by atoms with Crippen molar-refractivity contribution in [1.29, 1.82) is 0 Å². The zero-order valence-electron chi connectivity index (χ0n) is 15.4. The van der Waals surface area contributed by atoms with E-state index in [9.17, 15) is 9.90 Å². The zero-order valence-corrected chi connectivity index (χ0v) is 15.4. The van der Waals surface area contributed by atoms with Gasteiger partial charge in [0.05, 0.1) is 5.60 Å². The van der Waals surface area contributed by atoms with Gasteiger partial charge < -0.3 is 15.7 Å². The molecule has 1 aromatic heterocycles. The van der Waals surface area contributed by atoms with Crippen LogP contribution in [0, 0.1) is 0 Å². The average Bonchev–Trinajstić information content (AvgIpc) is 2.46. The van der Waals surface area contributed by atoms with E-state index in [4.69, 9.17) is 0 Å². The smallest absolute Gasteiger partial charge is 0.270 e. The first-order valence-electron chi connectivity index (χ1n) is 8.85. The highest BCUT2D eigenvalue weighted by Crippen LogP contribution is 2.24. The number of nitrogens with zero attached hydrogens (tertiary/aromatic N) is 2. The molecule has 1 aromatic rings. The van der Waals surface area contributed by atoms with Crippen LogP contribution in [-0.2, 0) is 6.42 Å². The molecule has 1 amide bonds. The number of carbonyl (C=O) groups is 1. The molecule has 1 aliphatic rings. The molecule has 0 radical (unpaired) electrons. The second-order valence-corrected chi connectivity index (χ2v) is 7.67. The van der Waals surface area contributed by atoms with Gasteiger partial charge in [-0.05, 0) is 46.5 Å². The Morgan fingerprint density at radius 1 is 1.29 bits per heavy atom. The summed E-state index contributed by atoms with van der Waals surface area (Å²) in [6.45, 7) is 10.5. The van der Waals surface area contributed by atoms with Gasteiger partial charge in [-0.25, -0.2) is 9.97 Å². The van der Waals surface area contributed by atoms with E-state index in [1.807, 2.05) is 27.7 Å². The molecule has 1 aliphatic heterocycles. The summed E-state index contributed by atoms with van der Waals surface area (Å²) in [6, 6.07) is 0.219. The number of anilines is 1. The lowest BCUT2D eigenvalue weighted by Gasteiger charge is -2.24. The molecule has 0 aliphatic carbocycles. The van der Waals surface area contributed by atoms with Crippen molar-refractivity contribution >= 4 is 11.7 Å². The minimum absolute atomic E-state index is 0.113. The molecule has 6 nitrogen and oxygen atoms in total. The molecule has 0 fully saturated rings. The predicted octanol–water partition coefficient (Wildman–Crippen LogP) is 2.63. The van der Waals surface area contributed by atoms with Crippen molar-refractivity contribution in [2.24, 2.45) is 0 Å². The van der Waals surface area contributed by atoms with E-state index in [0.29, 0.717) is 18.1 Å². The van der Waals surface area contributed by atoms with Crippen LogP contribution in [0.15, 0.2) is 0 Å². The number of fused-ring (bicyclic) bond motifs is 1. The molecule has 6 heteroatoms. The normalized spacial score (nSPS) is 15.9. The maximum atomic E-state index is 12.1. The van der Waals surface area contributed by atoms with E-state index in [0.717, 1.165) is 37.1 Å². The molecule has 1 atom stereocenters. The minimum Gasteiger partial charge on any atom is -0.390 e. The quantitative estimate of drug-likeness (QED) is 0.713. The van der Waals surface area contributed by atoms with E-state index >= 15 is 0 Å². The average molecular weight is 334 g/mol. The Balaban J connectivity index is 2.15. The van der Waals surface area contributed by atoms with Gasteiger partial charge in [0, 0.05) is 24.1 Å². The van der Waals surface area contributed by atoms with Gasteiger partial charge in [0.1, 0.15) is 17.3 Å². The van der Waals surface area contributed by atoms with Gasteiger partial charge in [-0.3, -0.25) is 4.79 Å². The summed E-state index contributed by atoms with van der Waals surface area (Å²) in [5, 5.41) is 16.1. The summed E-state index contributed by atoms with van der Waals surface area (Å²) in [5.41, 5.74) is 0.792. The molecular formula is C18H30N4O2. The fourth-order valence-electron chi connectivity index (χ4n) is 2.83. The van der Waals surface area contributed by atoms with Gasteiger partial charge in [0.25, 0.3) is 5.91 Å². The Hall–Kier alpha value is -1.69. The third kappa shape index (κ3) is 4.90. The van der Waals surface area contributed by atoms with Gasteiger partial charge in [-0.15, -0.1) is 0 Å². The Morgan fingerprint density at radius 3 is 2.62 bits per heavy atom. The Kier molecular flexibility index (Phi) is 5.80. The topological polar surface area (TPSA) is 87.1 Å². The number of aliphatic hydroxyl groups is 1. The van der Waals surface area contributed by atoms with E-state index in [1.165, 1.54) is 0 Å². The van der Waals surface area contributed by atoms with Crippen LogP contribution in [0.25, 0.3) is 0 Å². The third-order valence-electron chi connectivity index (χ3n) is 4.23. The van der Waals surface area contributed by atoms with Crippen LogP contribution < -0.4 is 10.6 Å². The molecule has 0 saturated heterocycles. The Bertz CT molecular complexity index is 593. The minimum atomic E-state index is -0.628. The molecule has 0 bridgehead atoms. The van der Waals surface area contributed by atoms with Gasteiger partial charge in [-0.2, -0.15) is 0 Å². The molecule has 134 valence electrons. The fraction of sp³-hybridized carbons (Fsp3) is 0.722. The number of hydrogen-bond donors (Lipinski definition) is 3. The summed E-state index contributed by atoms with van der Waals surface area (Å²) in [7, 11) is 0. The number of hydrogen-bond acceptors (Lipinski definition) is 5. The zero-order chi connectivity index (χ0) is 17.9. The largest absolute Gasteiger partial charge is 0.390 e. The Morgan fingerprint density at radius 2 is 2.00 bits per heavy atom. The second-order valence-electron chi connectivity index (χ2n) is 7.67. The van der Waals surface area contributed by atoms with Crippen molar-refractivity contribution in [3.8, 4) is 0 Å². The van der Waals surface area contributed by atoms with Crippen molar-refractivity contribution in [2.75, 3.05) is 11.9 Å². The van der Waals surface area contributed by atoms with E-state index in [1.54, 1.807) is 0 Å². The highest BCUT2D eigenvalue weighted by atomic mass is 16.3. The van der Waals surface area contributed by atoms with Crippen LogP contribution in [-0.4, -0.2) is 39.2 Å². The molecule has 0 aromatic carbocycles. The van der Waals surface area contributed by atoms with Crippen LogP contribution in [0.5, 0.6) is 0 Å². The second kappa shape index (κ2) is 7.47. The van der Waals surface area contributed by atoms with Gasteiger partial charge in [-0.1, -0.05) is 13.8 Å². The molecular weight excluding hydrogens is 304 g/mol. The van der Waals surface area contributed by atoms with Gasteiger partial charge in [0.15, 0.2) is 0 Å². The fourth-order valence-corrected chi connectivity index (χ4v) is 2.83. The van der Waals surface area contributed by atoms with Gasteiger partial charge >= 0.3 is 0 Å². The first-order chi connectivity index (χ1) is 11.2. The van der Waals surface area contributed by atoms with E-state index in [2.05, 4.69) is 27.5 Å². The first kappa shape index (κ1) is 18.6. The number of amides is 1.